The molecule has 306 valence electrons. The highest BCUT2D eigenvalue weighted by Gasteiger charge is 2.62. The number of aliphatic hydroxyl groups is 1. The molecule has 18 atom stereocenters. The molecular weight excluding hydrogens is 669 g/mol. The Morgan fingerprint density at radius 1 is 0.574 bits per heavy atom. The fraction of sp³-hybridized carbons (Fsp3) is 0.959. The van der Waals surface area contributed by atoms with Crippen molar-refractivity contribution in [2.24, 2.45) is 92.7 Å². The zero-order chi connectivity index (χ0) is 38.2. The average molecular weight is 749 g/mol. The molecule has 0 aliphatic heterocycles. The molecule has 8 aliphatic carbocycles. The lowest BCUT2D eigenvalue weighted by molar-refractivity contribution is -0.163. The van der Waals surface area contributed by atoms with E-state index in [9.17, 15) is 14.7 Å². The Balaban J connectivity index is 0.819. The van der Waals surface area contributed by atoms with E-state index in [1.807, 2.05) is 0 Å². The monoisotopic (exact) mass is 749 g/mol. The lowest BCUT2D eigenvalue weighted by atomic mass is 9.44. The van der Waals surface area contributed by atoms with Gasteiger partial charge in [-0.25, -0.2) is 0 Å². The molecule has 8 saturated carbocycles. The largest absolute Gasteiger partial charge is 0.469 e. The summed E-state index contributed by atoms with van der Waals surface area (Å²) in [6, 6.07) is 0. The Kier molecular flexibility index (Phi) is 11.0. The zero-order valence-corrected chi connectivity index (χ0v) is 35.7. The van der Waals surface area contributed by atoms with Crippen molar-refractivity contribution in [1.82, 2.24) is 0 Å². The smallest absolute Gasteiger partial charge is 0.306 e. The first-order valence-electron chi connectivity index (χ1n) is 23.7. The summed E-state index contributed by atoms with van der Waals surface area (Å²) < 4.78 is 11.4. The van der Waals surface area contributed by atoms with Gasteiger partial charge in [-0.3, -0.25) is 9.59 Å². The second-order valence-electron chi connectivity index (χ2n) is 22.7. The van der Waals surface area contributed by atoms with Gasteiger partial charge in [0, 0.05) is 12.8 Å². The molecule has 1 N–H and O–H groups in total. The SMILES string of the molecule is COC(=O)CC[C@@H](C)[C@H]1CC[C@H]2[C@@H]3CC[C@@H]4C[C@H](OC(=O)CC[C@@H](C)[C@H]5CC[C@H]6[C@@H]7CC[C@@H]8C[C@H](O)CC[C@]8(C)[C@H]7CC[C@]56C)CC[C@]4(C)[C@H]3CC[C@]12C. The van der Waals surface area contributed by atoms with Crippen LogP contribution in [0.2, 0.25) is 0 Å². The summed E-state index contributed by atoms with van der Waals surface area (Å²) in [7, 11) is 1.51. The molecule has 0 heterocycles. The van der Waals surface area contributed by atoms with Crippen molar-refractivity contribution in [3.8, 4) is 0 Å². The Morgan fingerprint density at radius 3 is 1.57 bits per heavy atom. The minimum Gasteiger partial charge on any atom is -0.469 e. The molecule has 8 aliphatic rings. The molecule has 0 aromatic heterocycles. The van der Waals surface area contributed by atoms with Gasteiger partial charge in [-0.05, 0) is 221 Å². The standard InChI is InChI=1S/C49H80O5/c1-30(8-18-44(51)53-7)38-14-16-41-37-13-11-33-29-35(21-25-47(33,4)43(37)23-27-48(38,41)5)54-45(52)19-9-31(2)39-15-17-40-36-12-10-32-28-34(50)20-24-46(32,3)42(36)22-26-49(39,40)6/h30-43,50H,8-29H2,1-7H3/t30-,31-,32-,33-,34-,35-,36+,37+,38-,39-,40+,41+,42+,43+,46+,47+,48-,49-/m1/s1. The molecule has 0 unspecified atom stereocenters. The normalized spacial score (nSPS) is 50.6. The molecule has 8 fully saturated rings. The van der Waals surface area contributed by atoms with Gasteiger partial charge >= 0.3 is 11.9 Å². The Hall–Kier alpha value is -1.10. The van der Waals surface area contributed by atoms with E-state index in [0.717, 1.165) is 91.8 Å². The van der Waals surface area contributed by atoms with Gasteiger partial charge in [-0.1, -0.05) is 41.5 Å². The van der Waals surface area contributed by atoms with Gasteiger partial charge in [0.25, 0.3) is 0 Å². The van der Waals surface area contributed by atoms with Crippen molar-refractivity contribution in [2.75, 3.05) is 7.11 Å². The van der Waals surface area contributed by atoms with Crippen molar-refractivity contribution in [3.05, 3.63) is 0 Å². The lowest BCUT2D eigenvalue weighted by Gasteiger charge is -2.61. The van der Waals surface area contributed by atoms with Crippen LogP contribution in [0.25, 0.3) is 0 Å². The van der Waals surface area contributed by atoms with Crippen LogP contribution in [-0.4, -0.2) is 36.4 Å². The quantitative estimate of drug-likeness (QED) is 0.238. The number of rotatable bonds is 9. The van der Waals surface area contributed by atoms with Crippen molar-refractivity contribution in [2.45, 2.75) is 195 Å². The molecule has 8 rings (SSSR count). The van der Waals surface area contributed by atoms with Gasteiger partial charge in [-0.2, -0.15) is 0 Å². The van der Waals surface area contributed by atoms with Crippen LogP contribution in [0.1, 0.15) is 183 Å². The summed E-state index contributed by atoms with van der Waals surface area (Å²) in [5.74, 6) is 9.11. The highest BCUT2D eigenvalue weighted by molar-refractivity contribution is 5.69. The molecule has 0 aromatic rings. The van der Waals surface area contributed by atoms with E-state index in [2.05, 4.69) is 41.5 Å². The fourth-order valence-electron chi connectivity index (χ4n) is 18.0. The number of aliphatic hydroxyl groups excluding tert-OH is 1. The number of fused-ring (bicyclic) bond motifs is 10. The van der Waals surface area contributed by atoms with Crippen LogP contribution in [0.3, 0.4) is 0 Å². The molecule has 54 heavy (non-hydrogen) atoms. The van der Waals surface area contributed by atoms with E-state index in [0.29, 0.717) is 52.3 Å². The van der Waals surface area contributed by atoms with Crippen LogP contribution in [0.15, 0.2) is 0 Å². The van der Waals surface area contributed by atoms with Gasteiger partial charge < -0.3 is 14.6 Å². The maximum atomic E-state index is 13.5. The van der Waals surface area contributed by atoms with Crippen molar-refractivity contribution < 1.29 is 24.2 Å². The Morgan fingerprint density at radius 2 is 1.04 bits per heavy atom. The van der Waals surface area contributed by atoms with Crippen molar-refractivity contribution >= 4 is 11.9 Å². The van der Waals surface area contributed by atoms with Crippen LogP contribution in [0, 0.1) is 92.7 Å². The molecule has 0 aromatic carbocycles. The zero-order valence-electron chi connectivity index (χ0n) is 35.7. The predicted octanol–water partition coefficient (Wildman–Crippen LogP) is 11.6. The van der Waals surface area contributed by atoms with Crippen LogP contribution in [-0.2, 0) is 19.1 Å². The molecule has 0 spiro atoms. The van der Waals surface area contributed by atoms with E-state index < -0.39 is 0 Å². The number of ether oxygens (including phenoxy) is 2. The molecule has 0 amide bonds. The molecule has 5 nitrogen and oxygen atoms in total. The summed E-state index contributed by atoms with van der Waals surface area (Å²) in [6.45, 7) is 15.4. The molecule has 0 saturated heterocycles. The number of carbonyl (C=O) groups is 2. The average Bonchev–Trinajstić information content (AvgIpc) is 3.70. The van der Waals surface area contributed by atoms with E-state index >= 15 is 0 Å². The van der Waals surface area contributed by atoms with Crippen LogP contribution in [0.4, 0.5) is 0 Å². The predicted molar refractivity (Wildman–Crippen MR) is 215 cm³/mol. The fourth-order valence-corrected chi connectivity index (χ4v) is 18.0. The summed E-state index contributed by atoms with van der Waals surface area (Å²) in [5, 5.41) is 10.5. The van der Waals surface area contributed by atoms with Crippen molar-refractivity contribution in [3.63, 3.8) is 0 Å². The topological polar surface area (TPSA) is 72.8 Å². The van der Waals surface area contributed by atoms with Gasteiger partial charge in [0.05, 0.1) is 13.2 Å². The maximum absolute atomic E-state index is 13.5. The van der Waals surface area contributed by atoms with E-state index in [-0.39, 0.29) is 24.1 Å². The number of hydrogen-bond acceptors (Lipinski definition) is 5. The molecular formula is C49H80O5. The van der Waals surface area contributed by atoms with Gasteiger partial charge in [-0.15, -0.1) is 0 Å². The van der Waals surface area contributed by atoms with E-state index in [1.165, 1.54) is 97.0 Å². The first kappa shape index (κ1) is 39.7. The minimum atomic E-state index is -0.0631. The second kappa shape index (κ2) is 14.9. The molecule has 5 heteroatoms. The third-order valence-electron chi connectivity index (χ3n) is 20.9. The highest BCUT2D eigenvalue weighted by atomic mass is 16.5. The third kappa shape index (κ3) is 6.57. The Bertz CT molecular complexity index is 1380. The van der Waals surface area contributed by atoms with Crippen molar-refractivity contribution in [1.29, 1.82) is 0 Å². The van der Waals surface area contributed by atoms with Crippen LogP contribution in [0.5, 0.6) is 0 Å². The molecule has 0 radical (unpaired) electrons. The first-order valence-corrected chi connectivity index (χ1v) is 23.7. The number of carbonyl (C=O) groups excluding carboxylic acids is 2. The summed E-state index contributed by atoms with van der Waals surface area (Å²) in [5.41, 5.74) is 1.67. The third-order valence-corrected chi connectivity index (χ3v) is 20.9. The first-order chi connectivity index (χ1) is 25.7. The van der Waals surface area contributed by atoms with Crippen LogP contribution < -0.4 is 0 Å². The summed E-state index contributed by atoms with van der Waals surface area (Å²) in [6.07, 6.45) is 26.1. The van der Waals surface area contributed by atoms with Crippen LogP contribution >= 0.6 is 0 Å². The molecule has 0 bridgehead atoms. The summed E-state index contributed by atoms with van der Waals surface area (Å²) in [4.78, 5) is 25.4. The minimum absolute atomic E-state index is 0.0596. The highest BCUT2D eigenvalue weighted by Crippen LogP contribution is 2.70. The van der Waals surface area contributed by atoms with Gasteiger partial charge in [0.15, 0.2) is 0 Å². The summed E-state index contributed by atoms with van der Waals surface area (Å²) >= 11 is 0. The number of methoxy groups -OCH3 is 1. The van der Waals surface area contributed by atoms with E-state index in [4.69, 9.17) is 9.47 Å². The van der Waals surface area contributed by atoms with Gasteiger partial charge in [0.1, 0.15) is 6.10 Å². The van der Waals surface area contributed by atoms with Gasteiger partial charge in [0.2, 0.25) is 0 Å². The second-order valence-corrected chi connectivity index (χ2v) is 22.7. The lowest BCUT2D eigenvalue weighted by Crippen LogP contribution is -2.54. The van der Waals surface area contributed by atoms with E-state index in [1.54, 1.807) is 0 Å². The number of hydrogen-bond donors (Lipinski definition) is 1. The maximum Gasteiger partial charge on any atom is 0.306 e. The Labute approximate surface area is 330 Å². The number of esters is 2.